The Balaban J connectivity index is 1.13. The van der Waals surface area contributed by atoms with Crippen molar-refractivity contribution in [2.75, 3.05) is 55.3 Å². The van der Waals surface area contributed by atoms with Gasteiger partial charge in [0, 0.05) is 56.4 Å². The van der Waals surface area contributed by atoms with Crippen LogP contribution in [0.4, 0.5) is 22.1 Å². The fourth-order valence-corrected chi connectivity index (χ4v) is 4.99. The summed E-state index contributed by atoms with van der Waals surface area (Å²) in [5, 5.41) is 17.0. The number of nitrogens with zero attached hydrogens (tertiary/aromatic N) is 5. The number of nitrogens with one attached hydrogen (secondary N) is 3. The van der Waals surface area contributed by atoms with E-state index in [-0.39, 0.29) is 6.03 Å². The first-order valence-corrected chi connectivity index (χ1v) is 13.4. The molecule has 0 spiro atoms. The number of benzene rings is 3. The number of aryl methyl sites for hydroxylation is 2. The van der Waals surface area contributed by atoms with Crippen molar-refractivity contribution >= 4 is 45.2 Å². The Labute approximate surface area is 232 Å². The average Bonchev–Trinajstić information content (AvgIpc) is 3.30. The van der Waals surface area contributed by atoms with E-state index in [4.69, 9.17) is 14.8 Å². The fourth-order valence-electron chi connectivity index (χ4n) is 4.99. The van der Waals surface area contributed by atoms with Crippen molar-refractivity contribution in [1.29, 1.82) is 0 Å². The van der Waals surface area contributed by atoms with Crippen LogP contribution in [0.3, 0.4) is 0 Å². The summed E-state index contributed by atoms with van der Waals surface area (Å²) in [6.45, 7) is 7.13. The highest BCUT2D eigenvalue weighted by molar-refractivity contribution is 6.02. The third-order valence-corrected chi connectivity index (χ3v) is 7.15. The number of carbonyl (C=O) groups is 1. The van der Waals surface area contributed by atoms with Crippen molar-refractivity contribution in [2.24, 2.45) is 7.05 Å². The Hall–Kier alpha value is -4.54. The summed E-state index contributed by atoms with van der Waals surface area (Å²) >= 11 is 0. The molecular formula is C30H32N8O2. The van der Waals surface area contributed by atoms with Crippen molar-refractivity contribution in [1.82, 2.24) is 24.6 Å². The molecule has 40 heavy (non-hydrogen) atoms. The number of aromatic nitrogens is 4. The number of rotatable bonds is 7. The molecule has 204 valence electrons. The molecule has 0 radical (unpaired) electrons. The molecule has 0 bridgehead atoms. The van der Waals surface area contributed by atoms with E-state index in [1.807, 2.05) is 80.8 Å². The fraction of sp³-hybridized carbons (Fsp3) is 0.267. The summed E-state index contributed by atoms with van der Waals surface area (Å²) in [7, 11) is 1.89. The molecule has 10 heteroatoms. The smallest absolute Gasteiger partial charge is 0.323 e. The molecular weight excluding hydrogens is 504 g/mol. The quantitative estimate of drug-likeness (QED) is 0.272. The maximum absolute atomic E-state index is 12.7. The summed E-state index contributed by atoms with van der Waals surface area (Å²) in [5.41, 5.74) is 4.87. The van der Waals surface area contributed by atoms with Crippen molar-refractivity contribution in [3.05, 3.63) is 72.4 Å². The predicted octanol–water partition coefficient (Wildman–Crippen LogP) is 4.88. The first-order valence-electron chi connectivity index (χ1n) is 13.4. The normalized spacial score (nSPS) is 13.9. The van der Waals surface area contributed by atoms with Crippen LogP contribution in [-0.4, -0.2) is 70.1 Å². The van der Waals surface area contributed by atoms with E-state index in [1.165, 1.54) is 0 Å². The maximum Gasteiger partial charge on any atom is 0.323 e. The highest BCUT2D eigenvalue weighted by atomic mass is 16.5. The second kappa shape index (κ2) is 11.3. The molecule has 1 fully saturated rings. The van der Waals surface area contributed by atoms with E-state index in [2.05, 4.69) is 25.8 Å². The van der Waals surface area contributed by atoms with E-state index < -0.39 is 0 Å². The molecule has 0 saturated carbocycles. The van der Waals surface area contributed by atoms with E-state index in [0.29, 0.717) is 5.95 Å². The van der Waals surface area contributed by atoms with Crippen LogP contribution in [0, 0.1) is 6.92 Å². The van der Waals surface area contributed by atoms with Crippen LogP contribution in [0.25, 0.3) is 33.1 Å². The molecule has 10 nitrogen and oxygen atoms in total. The summed E-state index contributed by atoms with van der Waals surface area (Å²) in [6.07, 6.45) is 1.82. The lowest BCUT2D eigenvalue weighted by Gasteiger charge is -2.26. The summed E-state index contributed by atoms with van der Waals surface area (Å²) in [6, 6.07) is 19.5. The van der Waals surface area contributed by atoms with Crippen molar-refractivity contribution in [3.63, 3.8) is 0 Å². The lowest BCUT2D eigenvalue weighted by molar-refractivity contribution is 0.0398. The third-order valence-electron chi connectivity index (χ3n) is 7.15. The zero-order valence-corrected chi connectivity index (χ0v) is 22.6. The minimum absolute atomic E-state index is 0.295. The van der Waals surface area contributed by atoms with Crippen LogP contribution in [0.5, 0.6) is 0 Å². The molecule has 1 saturated heterocycles. The van der Waals surface area contributed by atoms with Gasteiger partial charge in [0.1, 0.15) is 5.69 Å². The first kappa shape index (κ1) is 25.7. The van der Waals surface area contributed by atoms with Gasteiger partial charge in [-0.25, -0.2) is 14.5 Å². The van der Waals surface area contributed by atoms with Gasteiger partial charge in [-0.3, -0.25) is 4.90 Å². The van der Waals surface area contributed by atoms with E-state index in [9.17, 15) is 4.79 Å². The van der Waals surface area contributed by atoms with Crippen LogP contribution >= 0.6 is 0 Å². The topological polar surface area (TPSA) is 109 Å². The lowest BCUT2D eigenvalue weighted by atomic mass is 10.1. The molecule has 1 aliphatic rings. The zero-order valence-electron chi connectivity index (χ0n) is 22.6. The summed E-state index contributed by atoms with van der Waals surface area (Å²) in [4.78, 5) is 24.4. The number of amides is 2. The van der Waals surface area contributed by atoms with Crippen LogP contribution in [0.2, 0.25) is 0 Å². The minimum atomic E-state index is -0.295. The van der Waals surface area contributed by atoms with Gasteiger partial charge in [0.15, 0.2) is 5.65 Å². The number of fused-ring (bicyclic) bond motifs is 2. The van der Waals surface area contributed by atoms with Gasteiger partial charge < -0.3 is 20.7 Å². The molecule has 0 atom stereocenters. The Morgan fingerprint density at radius 2 is 1.82 bits per heavy atom. The molecule has 3 N–H and O–H groups in total. The van der Waals surface area contributed by atoms with Crippen molar-refractivity contribution in [2.45, 2.75) is 6.92 Å². The molecule has 2 aromatic heterocycles. The predicted molar refractivity (Wildman–Crippen MR) is 159 cm³/mol. The summed E-state index contributed by atoms with van der Waals surface area (Å²) in [5.74, 6) is 0.587. The standard InChI is InChI=1S/C30H32N8O2/c1-20-17-23(8-10-26(20)34-30(39)33-24-9-7-21-5-3-4-6-22(21)18-24)27-25-19-32-29(35-28(25)37(2)36-27)31-11-12-38-13-15-40-16-14-38/h3-10,17-19H,11-16H2,1-2H3,(H,31,32,35)(H2,33,34,39). The number of carbonyl (C=O) groups excluding carboxylic acids is 1. The lowest BCUT2D eigenvalue weighted by Crippen LogP contribution is -2.39. The Morgan fingerprint density at radius 1 is 1.00 bits per heavy atom. The van der Waals surface area contributed by atoms with E-state index in [1.54, 1.807) is 4.68 Å². The molecule has 3 aromatic carbocycles. The molecule has 6 rings (SSSR count). The minimum Gasteiger partial charge on any atom is -0.379 e. The first-order chi connectivity index (χ1) is 19.5. The number of ether oxygens (including phenoxy) is 1. The van der Waals surface area contributed by atoms with Crippen LogP contribution in [-0.2, 0) is 11.8 Å². The number of hydrogen-bond acceptors (Lipinski definition) is 7. The zero-order chi connectivity index (χ0) is 27.5. The maximum atomic E-state index is 12.7. The van der Waals surface area contributed by atoms with Crippen molar-refractivity contribution in [3.8, 4) is 11.3 Å². The number of morpholine rings is 1. The van der Waals surface area contributed by atoms with Gasteiger partial charge in [0.05, 0.1) is 18.6 Å². The second-order valence-electron chi connectivity index (χ2n) is 9.95. The molecule has 5 aromatic rings. The van der Waals surface area contributed by atoms with Gasteiger partial charge in [0.2, 0.25) is 5.95 Å². The van der Waals surface area contributed by atoms with Gasteiger partial charge in [-0.2, -0.15) is 10.1 Å². The van der Waals surface area contributed by atoms with Crippen LogP contribution in [0.1, 0.15) is 5.56 Å². The van der Waals surface area contributed by atoms with Gasteiger partial charge in [0.25, 0.3) is 0 Å². The Bertz CT molecular complexity index is 1680. The van der Waals surface area contributed by atoms with Crippen LogP contribution < -0.4 is 16.0 Å². The van der Waals surface area contributed by atoms with Gasteiger partial charge in [-0.1, -0.05) is 36.4 Å². The SMILES string of the molecule is Cc1cc(-c2nn(C)c3nc(NCCN4CCOCC4)ncc23)ccc1NC(=O)Nc1ccc2ccccc2c1. The molecule has 0 aliphatic carbocycles. The number of urea groups is 1. The molecule has 2 amide bonds. The number of anilines is 3. The second-order valence-corrected chi connectivity index (χ2v) is 9.95. The highest BCUT2D eigenvalue weighted by Crippen LogP contribution is 2.30. The Kier molecular flexibility index (Phi) is 7.26. The third kappa shape index (κ3) is 5.58. The largest absolute Gasteiger partial charge is 0.379 e. The highest BCUT2D eigenvalue weighted by Gasteiger charge is 2.16. The monoisotopic (exact) mass is 536 g/mol. The van der Waals surface area contributed by atoms with Crippen molar-refractivity contribution < 1.29 is 9.53 Å². The Morgan fingerprint density at radius 3 is 2.65 bits per heavy atom. The van der Waals surface area contributed by atoms with Gasteiger partial charge >= 0.3 is 6.03 Å². The molecule has 1 aliphatic heterocycles. The molecule has 3 heterocycles. The van der Waals surface area contributed by atoms with E-state index >= 15 is 0 Å². The van der Waals surface area contributed by atoms with E-state index in [0.717, 1.165) is 89.4 Å². The van der Waals surface area contributed by atoms with Crippen LogP contribution in [0.15, 0.2) is 66.9 Å². The van der Waals surface area contributed by atoms with Gasteiger partial charge in [-0.15, -0.1) is 0 Å². The molecule has 0 unspecified atom stereocenters. The summed E-state index contributed by atoms with van der Waals surface area (Å²) < 4.78 is 7.19. The van der Waals surface area contributed by atoms with Gasteiger partial charge in [-0.05, 0) is 47.5 Å². The number of hydrogen-bond donors (Lipinski definition) is 3. The average molecular weight is 537 g/mol.